The molecule has 0 aliphatic carbocycles. The van der Waals surface area contributed by atoms with Crippen LogP contribution in [-0.2, 0) is 9.47 Å². The summed E-state index contributed by atoms with van der Waals surface area (Å²) in [7, 11) is 0. The molecule has 0 atom stereocenters. The van der Waals surface area contributed by atoms with Gasteiger partial charge in [0.25, 0.3) is 0 Å². The van der Waals surface area contributed by atoms with Crippen molar-refractivity contribution >= 4 is 40.4 Å². The van der Waals surface area contributed by atoms with Crippen molar-refractivity contribution in [2.45, 2.75) is 72.6 Å². The Hall–Kier alpha value is -4.15. The highest BCUT2D eigenvalue weighted by Crippen LogP contribution is 2.38. The third-order valence-corrected chi connectivity index (χ3v) is 5.36. The minimum atomic E-state index is -0.907. The summed E-state index contributed by atoms with van der Waals surface area (Å²) in [4.78, 5) is 41.0. The van der Waals surface area contributed by atoms with Gasteiger partial charge >= 0.3 is 12.2 Å². The first-order valence-corrected chi connectivity index (χ1v) is 12.0. The Morgan fingerprint density at radius 2 is 1.57 bits per heavy atom. The van der Waals surface area contributed by atoms with E-state index in [2.05, 4.69) is 15.0 Å². The van der Waals surface area contributed by atoms with Crippen LogP contribution in [0.3, 0.4) is 0 Å². The van der Waals surface area contributed by atoms with Crippen LogP contribution in [-0.4, -0.2) is 47.3 Å². The molecule has 0 aromatic carbocycles. The Bertz CT molecular complexity index is 1460. The third-order valence-electron chi connectivity index (χ3n) is 5.36. The van der Waals surface area contributed by atoms with Gasteiger partial charge in [-0.3, -0.25) is 4.40 Å². The average molecular weight is 508 g/mol. The van der Waals surface area contributed by atoms with Gasteiger partial charge in [-0.15, -0.1) is 0 Å². The second-order valence-corrected chi connectivity index (χ2v) is 11.0. The predicted molar refractivity (Wildman–Crippen MR) is 141 cm³/mol. The molecular formula is C26H33N7O4. The van der Waals surface area contributed by atoms with Gasteiger partial charge in [0.05, 0.1) is 16.8 Å². The summed E-state index contributed by atoms with van der Waals surface area (Å²) >= 11 is 0. The van der Waals surface area contributed by atoms with E-state index in [-0.39, 0.29) is 11.9 Å². The molecule has 0 aliphatic rings. The minimum absolute atomic E-state index is 0.0163. The Morgan fingerprint density at radius 3 is 2.14 bits per heavy atom. The number of nitrogens with two attached hydrogens (primary N) is 1. The normalized spacial score (nSPS) is 12.4. The van der Waals surface area contributed by atoms with Crippen molar-refractivity contribution < 1.29 is 19.1 Å². The molecule has 0 spiro atoms. The molecule has 196 valence electrons. The monoisotopic (exact) mass is 507 g/mol. The molecule has 0 saturated heterocycles. The summed E-state index contributed by atoms with van der Waals surface area (Å²) < 4.78 is 15.0. The van der Waals surface area contributed by atoms with Gasteiger partial charge < -0.3 is 19.8 Å². The van der Waals surface area contributed by atoms with E-state index in [0.717, 1.165) is 10.6 Å². The number of ether oxygens (including phenoxy) is 2. The quantitative estimate of drug-likeness (QED) is 0.380. The van der Waals surface area contributed by atoms with E-state index >= 15 is 0 Å². The van der Waals surface area contributed by atoms with Gasteiger partial charge in [0.2, 0.25) is 0 Å². The Balaban J connectivity index is 2.04. The number of amides is 2. The number of imidazole rings is 1. The number of hydrogen-bond donors (Lipinski definition) is 1. The lowest BCUT2D eigenvalue weighted by Gasteiger charge is -2.28. The summed E-state index contributed by atoms with van der Waals surface area (Å²) in [5, 5.41) is 0.479. The van der Waals surface area contributed by atoms with Crippen molar-refractivity contribution in [2.75, 3.05) is 10.6 Å². The lowest BCUT2D eigenvalue weighted by Crippen LogP contribution is -2.44. The predicted octanol–water partition coefficient (Wildman–Crippen LogP) is 5.59. The van der Waals surface area contributed by atoms with Crippen LogP contribution in [0.4, 0.5) is 21.1 Å². The number of rotatable bonds is 3. The molecule has 0 radical (unpaired) electrons. The fourth-order valence-corrected chi connectivity index (χ4v) is 3.94. The summed E-state index contributed by atoms with van der Waals surface area (Å²) in [6.45, 7) is 14.4. The van der Waals surface area contributed by atoms with E-state index in [1.165, 1.54) is 6.33 Å². The Morgan fingerprint density at radius 1 is 0.946 bits per heavy atom. The number of pyridine rings is 1. The van der Waals surface area contributed by atoms with Crippen molar-refractivity contribution in [2.24, 2.45) is 0 Å². The van der Waals surface area contributed by atoms with Crippen LogP contribution in [0.5, 0.6) is 0 Å². The van der Waals surface area contributed by atoms with Crippen LogP contribution in [0.2, 0.25) is 0 Å². The largest absolute Gasteiger partial charge is 0.443 e. The van der Waals surface area contributed by atoms with Crippen LogP contribution in [0.15, 0.2) is 37.1 Å². The maximum absolute atomic E-state index is 13.4. The van der Waals surface area contributed by atoms with Crippen molar-refractivity contribution in [1.82, 2.24) is 23.9 Å². The highest BCUT2D eigenvalue weighted by Gasteiger charge is 2.36. The van der Waals surface area contributed by atoms with Crippen LogP contribution >= 0.6 is 0 Å². The number of carbonyl (C=O) groups excluding carboxylic acids is 2. The average Bonchev–Trinajstić information content (AvgIpc) is 3.38. The molecule has 2 amide bonds. The van der Waals surface area contributed by atoms with Crippen molar-refractivity contribution in [3.8, 4) is 11.3 Å². The van der Waals surface area contributed by atoms with E-state index in [9.17, 15) is 9.59 Å². The summed E-state index contributed by atoms with van der Waals surface area (Å²) in [6, 6.07) is 3.63. The van der Waals surface area contributed by atoms with E-state index in [1.54, 1.807) is 60.0 Å². The van der Waals surface area contributed by atoms with Gasteiger partial charge in [0.15, 0.2) is 11.5 Å². The minimum Gasteiger partial charge on any atom is -0.443 e. The highest BCUT2D eigenvalue weighted by atomic mass is 16.6. The van der Waals surface area contributed by atoms with Crippen LogP contribution in [0.1, 0.15) is 61.4 Å². The number of nitrogen functional groups attached to an aromatic ring is 1. The summed E-state index contributed by atoms with van der Waals surface area (Å²) in [5.41, 5.74) is 7.46. The molecule has 4 aromatic heterocycles. The van der Waals surface area contributed by atoms with E-state index in [1.807, 2.05) is 35.1 Å². The maximum atomic E-state index is 13.4. The molecule has 4 heterocycles. The third kappa shape index (κ3) is 5.07. The first kappa shape index (κ1) is 25.9. The number of anilines is 2. The number of nitrogens with zero attached hydrogens (tertiary/aromatic N) is 6. The van der Waals surface area contributed by atoms with E-state index in [4.69, 9.17) is 15.2 Å². The number of fused-ring (bicyclic) bond motifs is 2. The van der Waals surface area contributed by atoms with Gasteiger partial charge in [-0.2, -0.15) is 4.90 Å². The summed E-state index contributed by atoms with van der Waals surface area (Å²) in [5.74, 6) is 0.0491. The topological polar surface area (TPSA) is 130 Å². The smallest absolute Gasteiger partial charge is 0.425 e. The van der Waals surface area contributed by atoms with Gasteiger partial charge in [0, 0.05) is 30.2 Å². The molecule has 11 nitrogen and oxygen atoms in total. The van der Waals surface area contributed by atoms with Crippen LogP contribution in [0, 0.1) is 0 Å². The second-order valence-electron chi connectivity index (χ2n) is 11.0. The van der Waals surface area contributed by atoms with Crippen LogP contribution < -0.4 is 10.6 Å². The van der Waals surface area contributed by atoms with Gasteiger partial charge in [-0.05, 0) is 67.5 Å². The Kier molecular flexibility index (Phi) is 6.35. The molecule has 0 aliphatic heterocycles. The SMILES string of the molecule is CC(C)n1cc(-c2ccc(N)c3nccn23)c2c(N(C(=O)OC(C)(C)C)C(=O)OC(C)(C)C)ncnc21. The zero-order valence-corrected chi connectivity index (χ0v) is 22.4. The van der Waals surface area contributed by atoms with Gasteiger partial charge in [-0.25, -0.2) is 24.5 Å². The number of imide groups is 1. The molecule has 2 N–H and O–H groups in total. The zero-order valence-electron chi connectivity index (χ0n) is 22.4. The van der Waals surface area contributed by atoms with E-state index < -0.39 is 23.4 Å². The number of hydrogen-bond acceptors (Lipinski definition) is 8. The van der Waals surface area contributed by atoms with Gasteiger partial charge in [0.1, 0.15) is 23.2 Å². The molecule has 4 rings (SSSR count). The second kappa shape index (κ2) is 9.06. The van der Waals surface area contributed by atoms with Crippen LogP contribution in [0.25, 0.3) is 27.9 Å². The fourth-order valence-electron chi connectivity index (χ4n) is 3.94. The molecule has 4 aromatic rings. The molecule has 11 heteroatoms. The number of aromatic nitrogens is 5. The first-order valence-electron chi connectivity index (χ1n) is 12.0. The maximum Gasteiger partial charge on any atom is 0.425 e. The first-order chi connectivity index (χ1) is 17.2. The molecule has 0 bridgehead atoms. The Labute approximate surface area is 215 Å². The van der Waals surface area contributed by atoms with Crippen molar-refractivity contribution in [3.63, 3.8) is 0 Å². The molecule has 0 unspecified atom stereocenters. The molecule has 0 fully saturated rings. The van der Waals surface area contributed by atoms with Crippen molar-refractivity contribution in [1.29, 1.82) is 0 Å². The zero-order chi connectivity index (χ0) is 27.3. The number of carbonyl (C=O) groups is 2. The summed E-state index contributed by atoms with van der Waals surface area (Å²) in [6.07, 6.45) is 4.87. The lowest BCUT2D eigenvalue weighted by molar-refractivity contribution is 0.0429. The molecular weight excluding hydrogens is 474 g/mol. The molecule has 0 saturated carbocycles. The standard InChI is InChI=1S/C26H33N7O4/c1-15(2)32-13-16(18-10-9-17(27)20-28-11-12-31(18)20)19-21(32)29-14-30-22(19)33(23(34)36-25(3,4)5)24(35)37-26(6,7)8/h9-15H,27H2,1-8H3. The highest BCUT2D eigenvalue weighted by molar-refractivity contribution is 6.15. The lowest BCUT2D eigenvalue weighted by atomic mass is 10.1. The van der Waals surface area contributed by atoms with Gasteiger partial charge in [-0.1, -0.05) is 0 Å². The van der Waals surface area contributed by atoms with Crippen molar-refractivity contribution in [3.05, 3.63) is 37.1 Å². The molecule has 37 heavy (non-hydrogen) atoms. The fraction of sp³-hybridized carbons (Fsp3) is 0.423. The van der Waals surface area contributed by atoms with E-state index in [0.29, 0.717) is 27.9 Å².